The molecule has 53 valence electrons. The summed E-state index contributed by atoms with van der Waals surface area (Å²) in [6.45, 7) is 3.87. The zero-order valence-corrected chi connectivity index (χ0v) is 5.78. The van der Waals surface area contributed by atoms with Crippen LogP contribution in [0.5, 0.6) is 0 Å². The van der Waals surface area contributed by atoms with Crippen LogP contribution in [0.3, 0.4) is 0 Å². The Kier molecular flexibility index (Phi) is 2.49. The molecule has 9 heavy (non-hydrogen) atoms. The summed E-state index contributed by atoms with van der Waals surface area (Å²) < 4.78 is 12.7. The topological polar surface area (TPSA) is 0 Å². The molecule has 1 radical (unpaired) electrons. The summed E-state index contributed by atoms with van der Waals surface area (Å²) in [5, 5.41) is 0. The predicted octanol–water partition coefficient (Wildman–Crippen LogP) is 2.74. The third-order valence-electron chi connectivity index (χ3n) is 1.97. The quantitative estimate of drug-likeness (QED) is 0.441. The third kappa shape index (κ3) is 2.33. The molecule has 0 nitrogen and oxygen atoms in total. The second-order valence-corrected chi connectivity index (χ2v) is 2.98. The largest absolute Gasteiger partial charge is 0.247 e. The zero-order chi connectivity index (χ0) is 6.69. The van der Waals surface area contributed by atoms with Gasteiger partial charge in [-0.3, -0.25) is 0 Å². The summed E-state index contributed by atoms with van der Waals surface area (Å²) >= 11 is 0. The van der Waals surface area contributed by atoms with E-state index >= 15 is 0 Å². The van der Waals surface area contributed by atoms with Gasteiger partial charge in [-0.2, -0.15) is 0 Å². The Balaban J connectivity index is 2.29. The highest BCUT2D eigenvalue weighted by molar-refractivity contribution is 4.71. The Morgan fingerprint density at radius 1 is 1.22 bits per heavy atom. The molecule has 1 aliphatic carbocycles. The molecular weight excluding hydrogens is 115 g/mol. The van der Waals surface area contributed by atoms with Gasteiger partial charge in [0.2, 0.25) is 0 Å². The molecule has 2 unspecified atom stereocenters. The summed E-state index contributed by atoms with van der Waals surface area (Å²) in [7, 11) is 0. The molecule has 0 heterocycles. The second kappa shape index (κ2) is 3.19. The molecule has 0 aromatic heterocycles. The van der Waals surface area contributed by atoms with Crippen LogP contribution in [0.25, 0.3) is 0 Å². The predicted molar refractivity (Wildman–Crippen MR) is 36.8 cm³/mol. The number of hydrogen-bond acceptors (Lipinski definition) is 0. The Labute approximate surface area is 56.5 Å². The van der Waals surface area contributed by atoms with E-state index in [1.807, 2.05) is 0 Å². The normalized spacial score (nSPS) is 38.0. The van der Waals surface area contributed by atoms with Crippen molar-refractivity contribution in [3.05, 3.63) is 6.92 Å². The van der Waals surface area contributed by atoms with E-state index in [-0.39, 0.29) is 0 Å². The fraction of sp³-hybridized carbons (Fsp3) is 0.875. The van der Waals surface area contributed by atoms with Crippen LogP contribution in [-0.2, 0) is 0 Å². The molecule has 0 saturated heterocycles. The van der Waals surface area contributed by atoms with E-state index in [9.17, 15) is 4.39 Å². The number of halogens is 1. The summed E-state index contributed by atoms with van der Waals surface area (Å²) in [4.78, 5) is 0. The highest BCUT2D eigenvalue weighted by atomic mass is 19.1. The summed E-state index contributed by atoms with van der Waals surface area (Å²) in [6.07, 6.45) is 4.27. The van der Waals surface area contributed by atoms with Crippen molar-refractivity contribution < 1.29 is 4.39 Å². The average Bonchev–Trinajstić information content (AvgIpc) is 1.93. The molecule has 1 fully saturated rings. The highest BCUT2D eigenvalue weighted by Crippen LogP contribution is 2.23. The fourth-order valence-electron chi connectivity index (χ4n) is 1.40. The van der Waals surface area contributed by atoms with Gasteiger partial charge in [0.25, 0.3) is 0 Å². The van der Waals surface area contributed by atoms with Gasteiger partial charge in [0.05, 0.1) is 0 Å². The van der Waals surface area contributed by atoms with Crippen LogP contribution in [-0.4, -0.2) is 6.17 Å². The van der Waals surface area contributed by atoms with E-state index in [0.717, 1.165) is 19.3 Å². The van der Waals surface area contributed by atoms with Crippen LogP contribution in [0, 0.1) is 12.8 Å². The van der Waals surface area contributed by atoms with Gasteiger partial charge in [0, 0.05) is 0 Å². The first-order valence-electron chi connectivity index (χ1n) is 3.76. The lowest BCUT2D eigenvalue weighted by Gasteiger charge is -2.06. The van der Waals surface area contributed by atoms with Crippen molar-refractivity contribution in [2.45, 2.75) is 38.3 Å². The first-order chi connectivity index (χ1) is 4.29. The molecule has 1 heteroatoms. The minimum Gasteiger partial charge on any atom is -0.247 e. The molecule has 0 N–H and O–H groups in total. The molecule has 1 saturated carbocycles. The number of alkyl halides is 1. The van der Waals surface area contributed by atoms with E-state index in [2.05, 4.69) is 6.92 Å². The molecule has 0 spiro atoms. The van der Waals surface area contributed by atoms with Gasteiger partial charge < -0.3 is 0 Å². The van der Waals surface area contributed by atoms with Crippen LogP contribution in [0.1, 0.15) is 32.1 Å². The SMILES string of the molecule is [CH2]C1CCCCC(F)C1. The summed E-state index contributed by atoms with van der Waals surface area (Å²) in [6, 6.07) is 0. The van der Waals surface area contributed by atoms with Crippen LogP contribution in [0.4, 0.5) is 4.39 Å². The second-order valence-electron chi connectivity index (χ2n) is 2.98. The van der Waals surface area contributed by atoms with E-state index in [1.54, 1.807) is 0 Å². The lowest BCUT2D eigenvalue weighted by Crippen LogP contribution is -2.02. The van der Waals surface area contributed by atoms with Gasteiger partial charge >= 0.3 is 0 Å². The molecule has 0 aromatic carbocycles. The Bertz CT molecular complexity index is 70.6. The highest BCUT2D eigenvalue weighted by Gasteiger charge is 2.15. The molecule has 0 aromatic rings. The van der Waals surface area contributed by atoms with E-state index in [1.165, 1.54) is 6.42 Å². The van der Waals surface area contributed by atoms with Crippen LogP contribution in [0.15, 0.2) is 0 Å². The van der Waals surface area contributed by atoms with Crippen LogP contribution < -0.4 is 0 Å². The maximum atomic E-state index is 12.7. The zero-order valence-electron chi connectivity index (χ0n) is 5.78. The lowest BCUT2D eigenvalue weighted by molar-refractivity contribution is 0.283. The van der Waals surface area contributed by atoms with Gasteiger partial charge in [-0.15, -0.1) is 0 Å². The smallest absolute Gasteiger partial charge is 0.100 e. The Hall–Kier alpha value is -0.0700. The third-order valence-corrected chi connectivity index (χ3v) is 1.97. The van der Waals surface area contributed by atoms with E-state index in [0.29, 0.717) is 12.3 Å². The average molecular weight is 129 g/mol. The lowest BCUT2D eigenvalue weighted by atomic mass is 10.0. The maximum Gasteiger partial charge on any atom is 0.100 e. The van der Waals surface area contributed by atoms with Crippen molar-refractivity contribution in [3.8, 4) is 0 Å². The first kappa shape index (κ1) is 7.04. The van der Waals surface area contributed by atoms with Crippen molar-refractivity contribution in [1.82, 2.24) is 0 Å². The summed E-state index contributed by atoms with van der Waals surface area (Å²) in [5.74, 6) is 0.377. The van der Waals surface area contributed by atoms with Crippen molar-refractivity contribution in [2.24, 2.45) is 5.92 Å². The van der Waals surface area contributed by atoms with Gasteiger partial charge in [0.1, 0.15) is 6.17 Å². The van der Waals surface area contributed by atoms with Crippen molar-refractivity contribution >= 4 is 0 Å². The van der Waals surface area contributed by atoms with Gasteiger partial charge in [-0.1, -0.05) is 26.2 Å². The Morgan fingerprint density at radius 2 is 1.89 bits per heavy atom. The van der Waals surface area contributed by atoms with Crippen molar-refractivity contribution in [1.29, 1.82) is 0 Å². The van der Waals surface area contributed by atoms with Gasteiger partial charge in [-0.05, 0) is 18.8 Å². The van der Waals surface area contributed by atoms with Crippen molar-refractivity contribution in [3.63, 3.8) is 0 Å². The standard InChI is InChI=1S/C8H14F/c1-7-4-2-3-5-8(9)6-7/h7-8H,1-6H2. The molecule has 1 aliphatic rings. The van der Waals surface area contributed by atoms with Gasteiger partial charge in [-0.25, -0.2) is 4.39 Å². The van der Waals surface area contributed by atoms with Gasteiger partial charge in [0.15, 0.2) is 0 Å². The van der Waals surface area contributed by atoms with E-state index in [4.69, 9.17) is 0 Å². The fourth-order valence-corrected chi connectivity index (χ4v) is 1.40. The number of rotatable bonds is 0. The van der Waals surface area contributed by atoms with Crippen molar-refractivity contribution in [2.75, 3.05) is 0 Å². The first-order valence-corrected chi connectivity index (χ1v) is 3.76. The molecule has 2 atom stereocenters. The molecule has 0 bridgehead atoms. The monoisotopic (exact) mass is 129 g/mol. The molecular formula is C8H14F. The molecule has 1 rings (SSSR count). The maximum absolute atomic E-state index is 12.7. The van der Waals surface area contributed by atoms with E-state index < -0.39 is 6.17 Å². The Morgan fingerprint density at radius 3 is 2.67 bits per heavy atom. The van der Waals surface area contributed by atoms with Crippen LogP contribution >= 0.6 is 0 Å². The number of hydrogen-bond donors (Lipinski definition) is 0. The van der Waals surface area contributed by atoms with Crippen LogP contribution in [0.2, 0.25) is 0 Å². The minimum atomic E-state index is -0.560. The molecule has 0 aliphatic heterocycles. The molecule has 0 amide bonds. The summed E-state index contributed by atoms with van der Waals surface area (Å²) in [5.41, 5.74) is 0. The minimum absolute atomic E-state index is 0.377.